The minimum absolute atomic E-state index is 0.0232. The van der Waals surface area contributed by atoms with Gasteiger partial charge < -0.3 is 9.32 Å². The third kappa shape index (κ3) is 4.06. The molecule has 4 rings (SSSR count). The van der Waals surface area contributed by atoms with Crippen LogP contribution in [0.5, 0.6) is 0 Å². The maximum atomic E-state index is 12.5. The van der Waals surface area contributed by atoms with Crippen molar-refractivity contribution in [2.24, 2.45) is 0 Å². The van der Waals surface area contributed by atoms with Gasteiger partial charge in [0.1, 0.15) is 0 Å². The molecule has 8 nitrogen and oxygen atoms in total. The summed E-state index contributed by atoms with van der Waals surface area (Å²) in [4.78, 5) is 6.76. The number of hydrogen-bond donors (Lipinski definition) is 0. The molecule has 0 aromatic carbocycles. The lowest BCUT2D eigenvalue weighted by Gasteiger charge is -2.38. The summed E-state index contributed by atoms with van der Waals surface area (Å²) in [6, 6.07) is 3.49. The van der Waals surface area contributed by atoms with Gasteiger partial charge in [-0.1, -0.05) is 18.6 Å². The zero-order valence-electron chi connectivity index (χ0n) is 15.5. The number of rotatable bonds is 8. The SMILES string of the molecule is CCCCN1CC(c2cn(Cc3ccc(-c4nnc(C(F)F)o4)cn3)nn2)C1. The fraction of sp³-hybridized carbons (Fsp3) is 0.500. The molecule has 1 fully saturated rings. The van der Waals surface area contributed by atoms with Crippen molar-refractivity contribution in [3.63, 3.8) is 0 Å². The second kappa shape index (κ2) is 8.09. The Balaban J connectivity index is 1.34. The molecule has 0 spiro atoms. The Hall–Kier alpha value is -2.75. The van der Waals surface area contributed by atoms with Crippen molar-refractivity contribution in [3.8, 4) is 11.5 Å². The van der Waals surface area contributed by atoms with Crippen LogP contribution in [0.25, 0.3) is 11.5 Å². The van der Waals surface area contributed by atoms with Gasteiger partial charge in [0, 0.05) is 31.4 Å². The van der Waals surface area contributed by atoms with E-state index in [1.807, 2.05) is 6.20 Å². The molecule has 1 aliphatic rings. The van der Waals surface area contributed by atoms with E-state index in [-0.39, 0.29) is 5.89 Å². The van der Waals surface area contributed by atoms with E-state index in [1.165, 1.54) is 19.0 Å². The fourth-order valence-corrected chi connectivity index (χ4v) is 3.15. The van der Waals surface area contributed by atoms with E-state index in [0.29, 0.717) is 18.0 Å². The lowest BCUT2D eigenvalue weighted by molar-refractivity contribution is 0.116. The molecule has 0 radical (unpaired) electrons. The van der Waals surface area contributed by atoms with E-state index in [1.54, 1.807) is 16.8 Å². The van der Waals surface area contributed by atoms with Crippen molar-refractivity contribution in [3.05, 3.63) is 41.8 Å². The molecular weight excluding hydrogens is 368 g/mol. The summed E-state index contributed by atoms with van der Waals surface area (Å²) in [6.45, 7) is 5.90. The maximum Gasteiger partial charge on any atom is 0.314 e. The average molecular weight is 389 g/mol. The summed E-state index contributed by atoms with van der Waals surface area (Å²) >= 11 is 0. The molecule has 3 aromatic heterocycles. The van der Waals surface area contributed by atoms with Gasteiger partial charge in [0.05, 0.1) is 23.5 Å². The molecule has 0 bridgehead atoms. The Morgan fingerprint density at radius 2 is 2.07 bits per heavy atom. The Kier molecular flexibility index (Phi) is 5.38. The molecule has 0 saturated carbocycles. The molecule has 148 valence electrons. The van der Waals surface area contributed by atoms with E-state index in [4.69, 9.17) is 4.42 Å². The summed E-state index contributed by atoms with van der Waals surface area (Å²) in [5, 5.41) is 15.4. The largest absolute Gasteiger partial charge is 0.415 e. The molecule has 1 aliphatic heterocycles. The third-order valence-corrected chi connectivity index (χ3v) is 4.78. The number of halogens is 2. The minimum Gasteiger partial charge on any atom is -0.415 e. The van der Waals surface area contributed by atoms with Gasteiger partial charge in [-0.2, -0.15) is 8.78 Å². The number of unbranched alkanes of at least 4 members (excludes halogenated alkanes) is 1. The van der Waals surface area contributed by atoms with Crippen molar-refractivity contribution in [1.29, 1.82) is 0 Å². The minimum atomic E-state index is -2.79. The topological polar surface area (TPSA) is 85.8 Å². The van der Waals surface area contributed by atoms with Crippen molar-refractivity contribution in [2.75, 3.05) is 19.6 Å². The molecule has 0 N–H and O–H groups in total. The molecule has 0 atom stereocenters. The number of hydrogen-bond acceptors (Lipinski definition) is 7. The maximum absolute atomic E-state index is 12.5. The van der Waals surface area contributed by atoms with Crippen LogP contribution in [0.2, 0.25) is 0 Å². The zero-order chi connectivity index (χ0) is 19.5. The predicted molar refractivity (Wildman–Crippen MR) is 95.7 cm³/mol. The van der Waals surface area contributed by atoms with Crippen LogP contribution >= 0.6 is 0 Å². The second-order valence-electron chi connectivity index (χ2n) is 6.94. The summed E-state index contributed by atoms with van der Waals surface area (Å²) in [5.41, 5.74) is 2.27. The molecule has 1 saturated heterocycles. The van der Waals surface area contributed by atoms with Crippen molar-refractivity contribution in [1.82, 2.24) is 35.1 Å². The average Bonchev–Trinajstić information content (AvgIpc) is 3.31. The first-order chi connectivity index (χ1) is 13.6. The molecule has 0 aliphatic carbocycles. The molecular formula is C18H21F2N7O. The number of pyridine rings is 1. The monoisotopic (exact) mass is 389 g/mol. The summed E-state index contributed by atoms with van der Waals surface area (Å²) in [6.07, 6.45) is 3.14. The lowest BCUT2D eigenvalue weighted by Crippen LogP contribution is -2.45. The van der Waals surface area contributed by atoms with E-state index >= 15 is 0 Å². The van der Waals surface area contributed by atoms with Crippen LogP contribution in [-0.4, -0.2) is 54.7 Å². The zero-order valence-corrected chi connectivity index (χ0v) is 15.5. The Labute approximate surface area is 160 Å². The number of aromatic nitrogens is 6. The molecule has 0 unspecified atom stereocenters. The first-order valence-corrected chi connectivity index (χ1v) is 9.31. The van der Waals surface area contributed by atoms with Crippen molar-refractivity contribution in [2.45, 2.75) is 38.7 Å². The lowest BCUT2D eigenvalue weighted by atomic mass is 9.97. The van der Waals surface area contributed by atoms with Crippen LogP contribution in [0.4, 0.5) is 8.78 Å². The second-order valence-corrected chi connectivity index (χ2v) is 6.94. The van der Waals surface area contributed by atoms with Crippen LogP contribution in [0.1, 0.15) is 49.4 Å². The third-order valence-electron chi connectivity index (χ3n) is 4.78. The Morgan fingerprint density at radius 3 is 2.75 bits per heavy atom. The highest BCUT2D eigenvalue weighted by Gasteiger charge is 2.29. The van der Waals surface area contributed by atoms with Crippen LogP contribution in [0, 0.1) is 0 Å². The highest BCUT2D eigenvalue weighted by atomic mass is 19.3. The van der Waals surface area contributed by atoms with Crippen LogP contribution in [0.15, 0.2) is 28.9 Å². The van der Waals surface area contributed by atoms with Crippen LogP contribution in [0.3, 0.4) is 0 Å². The first kappa shape index (κ1) is 18.6. The van der Waals surface area contributed by atoms with Gasteiger partial charge in [-0.25, -0.2) is 4.68 Å². The van der Waals surface area contributed by atoms with Gasteiger partial charge in [0.15, 0.2) is 0 Å². The van der Waals surface area contributed by atoms with Gasteiger partial charge in [0.25, 0.3) is 5.89 Å². The summed E-state index contributed by atoms with van der Waals surface area (Å²) in [5.74, 6) is -0.226. The smallest absolute Gasteiger partial charge is 0.314 e. The highest BCUT2D eigenvalue weighted by Crippen LogP contribution is 2.26. The normalized spacial score (nSPS) is 15.3. The summed E-state index contributed by atoms with van der Waals surface area (Å²) in [7, 11) is 0. The number of nitrogens with zero attached hydrogens (tertiary/aromatic N) is 7. The van der Waals surface area contributed by atoms with Crippen molar-refractivity contribution < 1.29 is 13.2 Å². The van der Waals surface area contributed by atoms with Crippen LogP contribution in [-0.2, 0) is 6.54 Å². The van der Waals surface area contributed by atoms with Gasteiger partial charge in [-0.05, 0) is 25.1 Å². The van der Waals surface area contributed by atoms with Gasteiger partial charge >= 0.3 is 6.43 Å². The first-order valence-electron chi connectivity index (χ1n) is 9.31. The highest BCUT2D eigenvalue weighted by molar-refractivity contribution is 5.50. The van der Waals surface area contributed by atoms with E-state index in [9.17, 15) is 8.78 Å². The molecule has 3 aromatic rings. The standard InChI is InChI=1S/C18H21F2N7O/c1-2-3-6-26-8-13(9-26)15-11-27(25-22-15)10-14-5-4-12(7-21-14)17-23-24-18(28-17)16(19)20/h4-5,7,11,13,16H,2-3,6,8-10H2,1H3. The van der Waals surface area contributed by atoms with E-state index in [0.717, 1.165) is 31.0 Å². The van der Waals surface area contributed by atoms with E-state index < -0.39 is 12.3 Å². The van der Waals surface area contributed by atoms with Gasteiger partial charge in [0.2, 0.25) is 5.89 Å². The quantitative estimate of drug-likeness (QED) is 0.585. The molecule has 10 heteroatoms. The molecule has 28 heavy (non-hydrogen) atoms. The van der Waals surface area contributed by atoms with Gasteiger partial charge in [-0.15, -0.1) is 15.3 Å². The number of likely N-dealkylation sites (tertiary alicyclic amines) is 1. The van der Waals surface area contributed by atoms with Crippen LogP contribution < -0.4 is 0 Å². The molecule has 4 heterocycles. The summed E-state index contributed by atoms with van der Waals surface area (Å²) < 4.78 is 31.8. The predicted octanol–water partition coefficient (Wildman–Crippen LogP) is 2.91. The van der Waals surface area contributed by atoms with Gasteiger partial charge in [-0.3, -0.25) is 4.98 Å². The molecule has 0 amide bonds. The van der Waals surface area contributed by atoms with Crippen molar-refractivity contribution >= 4 is 0 Å². The fourth-order valence-electron chi connectivity index (χ4n) is 3.15. The Bertz CT molecular complexity index is 903. The number of alkyl halides is 2. The van der Waals surface area contributed by atoms with E-state index in [2.05, 4.69) is 37.3 Å². The Morgan fingerprint density at radius 1 is 1.21 bits per heavy atom.